The molecule has 21 heavy (non-hydrogen) atoms. The van der Waals surface area contributed by atoms with Crippen LogP contribution in [0.15, 0.2) is 34.2 Å². The maximum Gasteiger partial charge on any atom is 0.277 e. The van der Waals surface area contributed by atoms with E-state index in [0.29, 0.717) is 30.4 Å². The van der Waals surface area contributed by atoms with Gasteiger partial charge in [0.1, 0.15) is 11.4 Å². The second-order valence-corrected chi connectivity index (χ2v) is 5.47. The van der Waals surface area contributed by atoms with E-state index >= 15 is 0 Å². The zero-order valence-electron chi connectivity index (χ0n) is 11.2. The fraction of sp³-hybridized carbons (Fsp3) is 0.214. The number of nitrogens with zero attached hydrogens (tertiary/aromatic N) is 3. The number of hydrogen-bond donors (Lipinski definition) is 2. The van der Waals surface area contributed by atoms with E-state index in [2.05, 4.69) is 15.1 Å². The number of rotatable bonds is 5. The summed E-state index contributed by atoms with van der Waals surface area (Å²) in [7, 11) is 0. The molecule has 3 aromatic rings. The van der Waals surface area contributed by atoms with E-state index in [1.807, 2.05) is 17.5 Å². The molecule has 0 aliphatic carbocycles. The molecule has 0 saturated heterocycles. The number of nitrogens with two attached hydrogens (primary N) is 1. The second-order valence-electron chi connectivity index (χ2n) is 4.52. The first-order valence-electron chi connectivity index (χ1n) is 6.50. The first-order valence-corrected chi connectivity index (χ1v) is 7.38. The summed E-state index contributed by atoms with van der Waals surface area (Å²) in [5.41, 5.74) is 7.20. The van der Waals surface area contributed by atoms with Crippen LogP contribution in [0.4, 0.5) is 0 Å². The highest BCUT2D eigenvalue weighted by atomic mass is 32.1. The van der Waals surface area contributed by atoms with E-state index in [9.17, 15) is 5.11 Å². The summed E-state index contributed by atoms with van der Waals surface area (Å²) in [5.74, 6) is 1.25. The lowest BCUT2D eigenvalue weighted by Gasteiger charge is -1.96. The maximum absolute atomic E-state index is 9.26. The molecule has 0 radical (unpaired) electrons. The Labute approximate surface area is 125 Å². The van der Waals surface area contributed by atoms with Gasteiger partial charge in [-0.2, -0.15) is 4.98 Å². The van der Waals surface area contributed by atoms with Gasteiger partial charge in [0.05, 0.1) is 5.01 Å². The third-order valence-electron chi connectivity index (χ3n) is 2.90. The van der Waals surface area contributed by atoms with Crippen molar-refractivity contribution >= 4 is 11.3 Å². The number of phenols is 1. The molecule has 0 fully saturated rings. The van der Waals surface area contributed by atoms with E-state index in [1.54, 1.807) is 12.1 Å². The van der Waals surface area contributed by atoms with E-state index in [1.165, 1.54) is 11.3 Å². The van der Waals surface area contributed by atoms with Crippen molar-refractivity contribution in [2.24, 2.45) is 5.73 Å². The zero-order chi connectivity index (χ0) is 14.7. The van der Waals surface area contributed by atoms with Crippen molar-refractivity contribution in [2.75, 3.05) is 6.54 Å². The molecule has 0 saturated carbocycles. The Kier molecular flexibility index (Phi) is 3.94. The van der Waals surface area contributed by atoms with Gasteiger partial charge in [-0.25, -0.2) is 4.98 Å². The van der Waals surface area contributed by atoms with E-state index in [-0.39, 0.29) is 5.75 Å². The average Bonchev–Trinajstić information content (AvgIpc) is 3.11. The summed E-state index contributed by atoms with van der Waals surface area (Å²) >= 11 is 1.54. The van der Waals surface area contributed by atoms with Gasteiger partial charge in [-0.05, 0) is 24.2 Å². The lowest BCUT2D eigenvalue weighted by atomic mass is 10.1. The Hall–Kier alpha value is -2.25. The second kappa shape index (κ2) is 6.02. The predicted octanol–water partition coefficient (Wildman–Crippen LogP) is 1.99. The van der Waals surface area contributed by atoms with Crippen molar-refractivity contribution in [2.45, 2.75) is 12.8 Å². The molecule has 0 aliphatic rings. The number of hydrogen-bond acceptors (Lipinski definition) is 7. The Bertz CT molecular complexity index is 721. The van der Waals surface area contributed by atoms with E-state index < -0.39 is 0 Å². The number of aromatic hydroxyl groups is 1. The van der Waals surface area contributed by atoms with Crippen LogP contribution in [0.3, 0.4) is 0 Å². The van der Waals surface area contributed by atoms with Gasteiger partial charge < -0.3 is 15.4 Å². The molecule has 2 heterocycles. The van der Waals surface area contributed by atoms with Gasteiger partial charge in [-0.3, -0.25) is 0 Å². The van der Waals surface area contributed by atoms with Crippen molar-refractivity contribution in [3.63, 3.8) is 0 Å². The largest absolute Gasteiger partial charge is 0.508 e. The molecule has 0 amide bonds. The number of phenolic OH excluding ortho intramolecular Hbond substituents is 1. The maximum atomic E-state index is 9.26. The molecule has 0 unspecified atom stereocenters. The summed E-state index contributed by atoms with van der Waals surface area (Å²) in [6.07, 6.45) is 1.29. The fourth-order valence-corrected chi connectivity index (χ4v) is 2.66. The minimum absolute atomic E-state index is 0.238. The molecule has 6 nitrogen and oxygen atoms in total. The van der Waals surface area contributed by atoms with Gasteiger partial charge in [0.25, 0.3) is 5.89 Å². The average molecular weight is 302 g/mol. The monoisotopic (exact) mass is 302 g/mol. The van der Waals surface area contributed by atoms with Crippen molar-refractivity contribution in [1.82, 2.24) is 15.1 Å². The third kappa shape index (κ3) is 3.26. The Balaban J connectivity index is 1.74. The highest BCUT2D eigenvalue weighted by Crippen LogP contribution is 2.21. The van der Waals surface area contributed by atoms with Crippen LogP contribution in [-0.2, 0) is 12.8 Å². The van der Waals surface area contributed by atoms with E-state index in [0.717, 1.165) is 17.0 Å². The molecule has 0 aliphatic heterocycles. The molecular weight excluding hydrogens is 288 g/mol. The Morgan fingerprint density at radius 3 is 2.76 bits per heavy atom. The molecule has 7 heteroatoms. The van der Waals surface area contributed by atoms with Gasteiger partial charge in [-0.15, -0.1) is 11.3 Å². The predicted molar refractivity (Wildman–Crippen MR) is 79.1 cm³/mol. The van der Waals surface area contributed by atoms with Gasteiger partial charge in [0, 0.05) is 18.2 Å². The standard InChI is InChI=1S/C14H14N4O2S/c15-6-5-13-16-11(8-21-13)14-17-12(18-20-14)7-9-1-3-10(19)4-2-9/h1-4,8,19H,5-7,15H2. The smallest absolute Gasteiger partial charge is 0.277 e. The van der Waals surface area contributed by atoms with Gasteiger partial charge >= 0.3 is 0 Å². The summed E-state index contributed by atoms with van der Waals surface area (Å²) in [6.45, 7) is 0.572. The highest BCUT2D eigenvalue weighted by Gasteiger charge is 2.12. The van der Waals surface area contributed by atoms with Crippen molar-refractivity contribution in [3.8, 4) is 17.3 Å². The summed E-state index contributed by atoms with van der Waals surface area (Å²) in [4.78, 5) is 8.76. The number of thiazole rings is 1. The first-order chi connectivity index (χ1) is 10.2. The first kappa shape index (κ1) is 13.7. The Morgan fingerprint density at radius 1 is 1.19 bits per heavy atom. The minimum Gasteiger partial charge on any atom is -0.508 e. The lowest BCUT2D eigenvalue weighted by Crippen LogP contribution is -2.01. The van der Waals surface area contributed by atoms with Crippen LogP contribution >= 0.6 is 11.3 Å². The Morgan fingerprint density at radius 2 is 2.00 bits per heavy atom. The topological polar surface area (TPSA) is 98.1 Å². The summed E-state index contributed by atoms with van der Waals surface area (Å²) in [5, 5.41) is 16.1. The lowest BCUT2D eigenvalue weighted by molar-refractivity contribution is 0.423. The molecule has 2 aromatic heterocycles. The zero-order valence-corrected chi connectivity index (χ0v) is 12.0. The molecule has 0 atom stereocenters. The molecule has 3 rings (SSSR count). The normalized spacial score (nSPS) is 10.9. The molecule has 1 aromatic carbocycles. The number of aromatic nitrogens is 3. The fourth-order valence-electron chi connectivity index (χ4n) is 1.87. The van der Waals surface area contributed by atoms with Crippen LogP contribution in [0, 0.1) is 0 Å². The van der Waals surface area contributed by atoms with Crippen LogP contribution in [0.25, 0.3) is 11.6 Å². The van der Waals surface area contributed by atoms with Crippen LogP contribution in [0.1, 0.15) is 16.4 Å². The molecule has 108 valence electrons. The molecule has 3 N–H and O–H groups in total. The molecule has 0 bridgehead atoms. The highest BCUT2D eigenvalue weighted by molar-refractivity contribution is 7.09. The SMILES string of the molecule is NCCc1nc(-c2nc(Cc3ccc(O)cc3)no2)cs1. The summed E-state index contributed by atoms with van der Waals surface area (Å²) < 4.78 is 5.24. The van der Waals surface area contributed by atoms with Crippen LogP contribution in [0.2, 0.25) is 0 Å². The van der Waals surface area contributed by atoms with Crippen molar-refractivity contribution in [3.05, 3.63) is 46.0 Å². The van der Waals surface area contributed by atoms with Gasteiger partial charge in [0.15, 0.2) is 5.82 Å². The third-order valence-corrected chi connectivity index (χ3v) is 3.80. The minimum atomic E-state index is 0.238. The summed E-state index contributed by atoms with van der Waals surface area (Å²) in [6, 6.07) is 6.92. The molecular formula is C14H14N4O2S. The van der Waals surface area contributed by atoms with Gasteiger partial charge in [-0.1, -0.05) is 17.3 Å². The number of benzene rings is 1. The molecule has 0 spiro atoms. The van der Waals surface area contributed by atoms with Crippen molar-refractivity contribution < 1.29 is 9.63 Å². The van der Waals surface area contributed by atoms with E-state index in [4.69, 9.17) is 10.3 Å². The van der Waals surface area contributed by atoms with Crippen LogP contribution < -0.4 is 5.73 Å². The quantitative estimate of drug-likeness (QED) is 0.748. The van der Waals surface area contributed by atoms with Crippen LogP contribution in [-0.4, -0.2) is 26.8 Å². The van der Waals surface area contributed by atoms with Crippen molar-refractivity contribution in [1.29, 1.82) is 0 Å². The van der Waals surface area contributed by atoms with Crippen LogP contribution in [0.5, 0.6) is 5.75 Å². The van der Waals surface area contributed by atoms with Gasteiger partial charge in [0.2, 0.25) is 0 Å².